The van der Waals surface area contributed by atoms with Crippen molar-refractivity contribution in [1.82, 2.24) is 4.72 Å². The Kier molecular flexibility index (Phi) is 6.39. The lowest BCUT2D eigenvalue weighted by atomic mass is 10.0. The van der Waals surface area contributed by atoms with Crippen molar-refractivity contribution in [3.8, 4) is 0 Å². The van der Waals surface area contributed by atoms with Crippen LogP contribution < -0.4 is 10.0 Å². The molecule has 0 spiro atoms. The van der Waals surface area contributed by atoms with Crippen LogP contribution in [-0.4, -0.2) is 19.9 Å². The van der Waals surface area contributed by atoms with E-state index in [2.05, 4.69) is 10.0 Å². The molecule has 6 heteroatoms. The van der Waals surface area contributed by atoms with E-state index >= 15 is 0 Å². The van der Waals surface area contributed by atoms with Gasteiger partial charge in [-0.1, -0.05) is 54.6 Å². The molecule has 5 nitrogen and oxygen atoms in total. The van der Waals surface area contributed by atoms with Gasteiger partial charge in [0.1, 0.15) is 0 Å². The molecule has 30 heavy (non-hydrogen) atoms. The van der Waals surface area contributed by atoms with Gasteiger partial charge >= 0.3 is 0 Å². The maximum Gasteiger partial charge on any atom is 0.255 e. The van der Waals surface area contributed by atoms with Gasteiger partial charge in [0.05, 0.1) is 4.90 Å². The summed E-state index contributed by atoms with van der Waals surface area (Å²) in [7, 11) is -3.73. The summed E-state index contributed by atoms with van der Waals surface area (Å²) in [4.78, 5) is 12.9. The summed E-state index contributed by atoms with van der Waals surface area (Å²) in [5, 5.41) is 2.92. The molecule has 0 fully saturated rings. The van der Waals surface area contributed by atoms with Crippen LogP contribution in [0.2, 0.25) is 0 Å². The van der Waals surface area contributed by atoms with E-state index in [0.717, 1.165) is 11.1 Å². The second-order valence-corrected chi connectivity index (χ2v) is 9.84. The number of nitrogens with one attached hydrogen (secondary N) is 2. The third-order valence-corrected chi connectivity index (χ3v) is 6.11. The number of para-hydroxylation sites is 1. The van der Waals surface area contributed by atoms with Crippen molar-refractivity contribution in [3.63, 3.8) is 0 Å². The summed E-state index contributed by atoms with van der Waals surface area (Å²) in [6.45, 7) is 5.31. The molecule has 0 aliphatic carbocycles. The van der Waals surface area contributed by atoms with Gasteiger partial charge in [0.15, 0.2) is 0 Å². The molecular formula is C24H26N2O3S. The van der Waals surface area contributed by atoms with Gasteiger partial charge in [-0.25, -0.2) is 13.1 Å². The fourth-order valence-electron chi connectivity index (χ4n) is 3.07. The number of anilines is 1. The Bertz CT molecular complexity index is 1130. The standard InChI is InChI=1S/C24H26N2O3S/c1-24(2,3)26-30(28,29)21-14-9-13-20(17-21)23(27)25-22-15-8-7-12-19(22)16-18-10-5-4-6-11-18/h4-15,17,26H,16H2,1-3H3,(H,25,27). The van der Waals surface area contributed by atoms with Gasteiger partial charge < -0.3 is 5.32 Å². The second-order valence-electron chi connectivity index (χ2n) is 8.16. The predicted molar refractivity (Wildman–Crippen MR) is 120 cm³/mol. The predicted octanol–water partition coefficient (Wildman–Crippen LogP) is 4.61. The maximum absolute atomic E-state index is 12.9. The SMILES string of the molecule is CC(C)(C)NS(=O)(=O)c1cccc(C(=O)Nc2ccccc2Cc2ccccc2)c1. The zero-order valence-corrected chi connectivity index (χ0v) is 18.2. The molecule has 0 aliphatic rings. The van der Waals surface area contributed by atoms with Gasteiger partial charge in [0.25, 0.3) is 5.91 Å². The van der Waals surface area contributed by atoms with E-state index < -0.39 is 15.6 Å². The molecule has 0 heterocycles. The fraction of sp³-hybridized carbons (Fsp3) is 0.208. The molecule has 0 radical (unpaired) electrons. The van der Waals surface area contributed by atoms with E-state index in [1.54, 1.807) is 32.9 Å². The minimum Gasteiger partial charge on any atom is -0.322 e. The largest absolute Gasteiger partial charge is 0.322 e. The van der Waals surface area contributed by atoms with Crippen LogP contribution in [0.1, 0.15) is 42.3 Å². The van der Waals surface area contributed by atoms with Crippen LogP contribution in [0.15, 0.2) is 83.8 Å². The van der Waals surface area contributed by atoms with Crippen molar-refractivity contribution in [2.75, 3.05) is 5.32 Å². The molecule has 2 N–H and O–H groups in total. The van der Waals surface area contributed by atoms with Crippen LogP contribution in [0.25, 0.3) is 0 Å². The zero-order chi connectivity index (χ0) is 21.8. The van der Waals surface area contributed by atoms with Gasteiger partial charge in [-0.05, 0) is 62.6 Å². The molecule has 0 aliphatic heterocycles. The number of sulfonamides is 1. The van der Waals surface area contributed by atoms with Gasteiger partial charge in [0, 0.05) is 16.8 Å². The highest BCUT2D eigenvalue weighted by molar-refractivity contribution is 7.89. The lowest BCUT2D eigenvalue weighted by Crippen LogP contribution is -2.40. The van der Waals surface area contributed by atoms with Crippen molar-refractivity contribution in [2.45, 2.75) is 37.6 Å². The van der Waals surface area contributed by atoms with Crippen molar-refractivity contribution < 1.29 is 13.2 Å². The van der Waals surface area contributed by atoms with Crippen LogP contribution in [0.5, 0.6) is 0 Å². The average Bonchev–Trinajstić information content (AvgIpc) is 2.68. The number of benzene rings is 3. The zero-order valence-electron chi connectivity index (χ0n) is 17.3. The van der Waals surface area contributed by atoms with Gasteiger partial charge in [0.2, 0.25) is 10.0 Å². The first kappa shape index (κ1) is 21.7. The van der Waals surface area contributed by atoms with Crippen molar-refractivity contribution in [2.24, 2.45) is 0 Å². The van der Waals surface area contributed by atoms with Crippen LogP contribution in [0, 0.1) is 0 Å². The van der Waals surface area contributed by atoms with Crippen molar-refractivity contribution >= 4 is 21.6 Å². The Hall–Kier alpha value is -2.96. The number of hydrogen-bond acceptors (Lipinski definition) is 3. The summed E-state index contributed by atoms with van der Waals surface area (Å²) in [5.74, 6) is -0.358. The minimum absolute atomic E-state index is 0.0580. The maximum atomic E-state index is 12.9. The molecular weight excluding hydrogens is 396 g/mol. The molecule has 0 saturated carbocycles. The van der Waals surface area contributed by atoms with E-state index in [0.29, 0.717) is 12.1 Å². The molecule has 0 bridgehead atoms. The number of rotatable bonds is 6. The first-order valence-corrected chi connectivity index (χ1v) is 11.2. The van der Waals surface area contributed by atoms with Gasteiger partial charge in [-0.15, -0.1) is 0 Å². The molecule has 3 aromatic carbocycles. The molecule has 0 aromatic heterocycles. The Balaban J connectivity index is 1.82. The normalized spacial score (nSPS) is 11.8. The lowest BCUT2D eigenvalue weighted by Gasteiger charge is -2.20. The summed E-state index contributed by atoms with van der Waals surface area (Å²) in [5.41, 5.74) is 2.48. The fourth-order valence-corrected chi connectivity index (χ4v) is 4.54. The lowest BCUT2D eigenvalue weighted by molar-refractivity contribution is 0.102. The van der Waals surface area contributed by atoms with Crippen LogP contribution in [0.3, 0.4) is 0 Å². The third kappa shape index (κ3) is 5.78. The highest BCUT2D eigenvalue weighted by atomic mass is 32.2. The monoisotopic (exact) mass is 422 g/mol. The Labute approximate surface area is 178 Å². The number of hydrogen-bond donors (Lipinski definition) is 2. The topological polar surface area (TPSA) is 75.3 Å². The van der Waals surface area contributed by atoms with Crippen LogP contribution >= 0.6 is 0 Å². The van der Waals surface area contributed by atoms with Crippen LogP contribution in [-0.2, 0) is 16.4 Å². The summed E-state index contributed by atoms with van der Waals surface area (Å²) in [6.07, 6.45) is 0.682. The average molecular weight is 423 g/mol. The quantitative estimate of drug-likeness (QED) is 0.609. The first-order chi connectivity index (χ1) is 14.1. The number of amides is 1. The molecule has 0 unspecified atom stereocenters. The summed E-state index contributed by atoms with van der Waals surface area (Å²) in [6, 6.07) is 23.6. The van der Waals surface area contributed by atoms with E-state index in [9.17, 15) is 13.2 Å². The molecule has 0 atom stereocenters. The summed E-state index contributed by atoms with van der Waals surface area (Å²) >= 11 is 0. The van der Waals surface area contributed by atoms with E-state index in [-0.39, 0.29) is 16.4 Å². The summed E-state index contributed by atoms with van der Waals surface area (Å²) < 4.78 is 27.8. The number of carbonyl (C=O) groups is 1. The minimum atomic E-state index is -3.73. The van der Waals surface area contributed by atoms with Gasteiger partial charge in [-0.3, -0.25) is 4.79 Å². The van der Waals surface area contributed by atoms with Crippen molar-refractivity contribution in [1.29, 1.82) is 0 Å². The second kappa shape index (κ2) is 8.81. The van der Waals surface area contributed by atoms with Crippen LogP contribution in [0.4, 0.5) is 5.69 Å². The Morgan fingerprint density at radius 2 is 1.53 bits per heavy atom. The van der Waals surface area contributed by atoms with E-state index in [1.165, 1.54) is 12.1 Å². The van der Waals surface area contributed by atoms with Gasteiger partial charge in [-0.2, -0.15) is 0 Å². The molecule has 3 aromatic rings. The highest BCUT2D eigenvalue weighted by Gasteiger charge is 2.23. The van der Waals surface area contributed by atoms with Crippen molar-refractivity contribution in [3.05, 3.63) is 95.6 Å². The highest BCUT2D eigenvalue weighted by Crippen LogP contribution is 2.21. The van der Waals surface area contributed by atoms with E-state index in [4.69, 9.17) is 0 Å². The Morgan fingerprint density at radius 1 is 0.867 bits per heavy atom. The third-order valence-electron chi connectivity index (χ3n) is 4.35. The number of carbonyl (C=O) groups excluding carboxylic acids is 1. The molecule has 1 amide bonds. The first-order valence-electron chi connectivity index (χ1n) is 9.71. The van der Waals surface area contributed by atoms with E-state index in [1.807, 2.05) is 54.6 Å². The Morgan fingerprint density at radius 3 is 2.23 bits per heavy atom. The molecule has 3 rings (SSSR count). The molecule has 156 valence electrons. The smallest absolute Gasteiger partial charge is 0.255 e. The molecule has 0 saturated heterocycles.